The molecule has 1 aromatic heterocycles. The largest absolute Gasteiger partial charge is 0.389 e. The van der Waals surface area contributed by atoms with E-state index in [9.17, 15) is 13.5 Å². The van der Waals surface area contributed by atoms with E-state index in [4.69, 9.17) is 23.2 Å². The Morgan fingerprint density at radius 3 is 2.56 bits per heavy atom. The number of halogens is 2. The molecular weight excluding hydrogens is 317 g/mol. The zero-order valence-corrected chi connectivity index (χ0v) is 13.2. The molecule has 0 aromatic carbocycles. The third-order valence-corrected chi connectivity index (χ3v) is 5.50. The van der Waals surface area contributed by atoms with Crippen molar-refractivity contribution in [3.05, 3.63) is 14.7 Å². The topological polar surface area (TPSA) is 66.4 Å². The minimum atomic E-state index is -3.74. The molecule has 0 aliphatic carbocycles. The zero-order chi connectivity index (χ0) is 14.0. The molecule has 0 fully saturated rings. The molecule has 0 aliphatic heterocycles. The van der Waals surface area contributed by atoms with E-state index in [1.54, 1.807) is 6.92 Å². The number of thiophene rings is 1. The molecule has 0 aliphatic rings. The highest BCUT2D eigenvalue weighted by Crippen LogP contribution is 2.34. The molecule has 0 saturated heterocycles. The molecule has 0 amide bonds. The van der Waals surface area contributed by atoms with Crippen molar-refractivity contribution in [1.82, 2.24) is 4.72 Å². The molecule has 1 atom stereocenters. The standard InChI is InChI=1S/C10H15Cl2NO3S2/c1-3-4-10(2,14)6-13-18(15,16)7-5-8(11)17-9(7)12/h5,13-14H,3-4,6H2,1-2H3. The third-order valence-electron chi connectivity index (χ3n) is 2.35. The van der Waals surface area contributed by atoms with Gasteiger partial charge in [0.25, 0.3) is 0 Å². The molecule has 8 heteroatoms. The number of hydrogen-bond donors (Lipinski definition) is 2. The van der Waals surface area contributed by atoms with E-state index >= 15 is 0 Å². The highest BCUT2D eigenvalue weighted by molar-refractivity contribution is 7.89. The van der Waals surface area contributed by atoms with Crippen LogP contribution in [0.3, 0.4) is 0 Å². The summed E-state index contributed by atoms with van der Waals surface area (Å²) >= 11 is 12.5. The maximum Gasteiger partial charge on any atom is 0.243 e. The molecular formula is C10H15Cl2NO3S2. The second-order valence-electron chi connectivity index (χ2n) is 4.26. The van der Waals surface area contributed by atoms with E-state index < -0.39 is 15.6 Å². The van der Waals surface area contributed by atoms with Crippen molar-refractivity contribution in [2.75, 3.05) is 6.54 Å². The van der Waals surface area contributed by atoms with E-state index in [-0.39, 0.29) is 15.8 Å². The van der Waals surface area contributed by atoms with Crippen molar-refractivity contribution in [2.45, 2.75) is 37.2 Å². The molecule has 1 rings (SSSR count). The number of aliphatic hydroxyl groups is 1. The Labute approximate surface area is 121 Å². The van der Waals surface area contributed by atoms with Crippen molar-refractivity contribution < 1.29 is 13.5 Å². The lowest BCUT2D eigenvalue weighted by Gasteiger charge is -2.22. The highest BCUT2D eigenvalue weighted by Gasteiger charge is 2.25. The molecule has 18 heavy (non-hydrogen) atoms. The Kier molecular flexibility index (Phi) is 5.46. The van der Waals surface area contributed by atoms with Crippen molar-refractivity contribution in [3.63, 3.8) is 0 Å². The molecule has 104 valence electrons. The summed E-state index contributed by atoms with van der Waals surface area (Å²) in [4.78, 5) is -0.0496. The lowest BCUT2D eigenvalue weighted by atomic mass is 10.0. The van der Waals surface area contributed by atoms with Gasteiger partial charge in [-0.3, -0.25) is 0 Å². The van der Waals surface area contributed by atoms with Crippen molar-refractivity contribution >= 4 is 44.6 Å². The first-order valence-electron chi connectivity index (χ1n) is 5.35. The first-order chi connectivity index (χ1) is 8.18. The second-order valence-corrected chi connectivity index (χ2v) is 8.28. The summed E-state index contributed by atoms with van der Waals surface area (Å²) in [5.41, 5.74) is -1.08. The third kappa shape index (κ3) is 4.36. The fourth-order valence-corrected chi connectivity index (χ4v) is 4.77. The fourth-order valence-electron chi connectivity index (χ4n) is 1.46. The fraction of sp³-hybridized carbons (Fsp3) is 0.600. The first kappa shape index (κ1) is 16.2. The van der Waals surface area contributed by atoms with Gasteiger partial charge >= 0.3 is 0 Å². The van der Waals surface area contributed by atoms with Gasteiger partial charge in [0.1, 0.15) is 9.23 Å². The van der Waals surface area contributed by atoms with E-state index in [2.05, 4.69) is 4.72 Å². The number of rotatable bonds is 6. The summed E-state index contributed by atoms with van der Waals surface area (Å²) < 4.78 is 26.7. The predicted molar refractivity (Wildman–Crippen MR) is 75.1 cm³/mol. The predicted octanol–water partition coefficient (Wildman–Crippen LogP) is 2.88. The molecule has 4 nitrogen and oxygen atoms in total. The minimum Gasteiger partial charge on any atom is -0.389 e. The van der Waals surface area contributed by atoms with Crippen LogP contribution in [0.15, 0.2) is 11.0 Å². The van der Waals surface area contributed by atoms with Crippen LogP contribution < -0.4 is 4.72 Å². The van der Waals surface area contributed by atoms with E-state index in [0.29, 0.717) is 10.8 Å². The van der Waals surface area contributed by atoms with Crippen molar-refractivity contribution in [1.29, 1.82) is 0 Å². The Balaban J connectivity index is 2.81. The first-order valence-corrected chi connectivity index (χ1v) is 8.40. The van der Waals surface area contributed by atoms with Crippen LogP contribution in [0.2, 0.25) is 8.67 Å². The van der Waals surface area contributed by atoms with Crippen LogP contribution in [0.1, 0.15) is 26.7 Å². The van der Waals surface area contributed by atoms with Crippen LogP contribution in [0, 0.1) is 0 Å². The molecule has 0 radical (unpaired) electrons. The summed E-state index contributed by atoms with van der Waals surface area (Å²) in [6.45, 7) is 3.44. The Morgan fingerprint density at radius 1 is 1.50 bits per heavy atom. The summed E-state index contributed by atoms with van der Waals surface area (Å²) in [6, 6.07) is 1.30. The zero-order valence-electron chi connectivity index (χ0n) is 10.0. The van der Waals surface area contributed by atoms with Crippen molar-refractivity contribution in [2.24, 2.45) is 0 Å². The average molecular weight is 332 g/mol. The van der Waals surface area contributed by atoms with Gasteiger partial charge in [-0.1, -0.05) is 36.5 Å². The SMILES string of the molecule is CCCC(C)(O)CNS(=O)(=O)c1cc(Cl)sc1Cl. The summed E-state index contributed by atoms with van der Waals surface area (Å²) in [5.74, 6) is 0. The van der Waals surface area contributed by atoms with Gasteiger partial charge in [0.05, 0.1) is 9.94 Å². The molecule has 0 bridgehead atoms. The molecule has 0 spiro atoms. The molecule has 1 heterocycles. The molecule has 2 N–H and O–H groups in total. The maximum atomic E-state index is 12.0. The quantitative estimate of drug-likeness (QED) is 0.842. The second kappa shape index (κ2) is 6.07. The van der Waals surface area contributed by atoms with E-state index in [1.165, 1.54) is 6.07 Å². The van der Waals surface area contributed by atoms with Gasteiger partial charge in [0, 0.05) is 6.54 Å². The smallest absolute Gasteiger partial charge is 0.243 e. The average Bonchev–Trinajstić information content (AvgIpc) is 2.56. The Morgan fingerprint density at radius 2 is 2.11 bits per heavy atom. The van der Waals surface area contributed by atoms with Crippen LogP contribution in [0.4, 0.5) is 0 Å². The minimum absolute atomic E-state index is 0.0496. The Hall–Kier alpha value is 0.150. The van der Waals surface area contributed by atoms with Gasteiger partial charge in [-0.15, -0.1) is 11.3 Å². The van der Waals surface area contributed by atoms with Crippen LogP contribution in [-0.2, 0) is 10.0 Å². The summed E-state index contributed by atoms with van der Waals surface area (Å²) in [6.07, 6.45) is 1.27. The number of sulfonamides is 1. The number of hydrogen-bond acceptors (Lipinski definition) is 4. The van der Waals surface area contributed by atoms with Gasteiger partial charge in [0.15, 0.2) is 0 Å². The molecule has 0 saturated carbocycles. The molecule has 1 unspecified atom stereocenters. The van der Waals surface area contributed by atoms with Crippen LogP contribution in [-0.4, -0.2) is 25.7 Å². The van der Waals surface area contributed by atoms with Gasteiger partial charge in [-0.2, -0.15) is 0 Å². The lowest BCUT2D eigenvalue weighted by molar-refractivity contribution is 0.0554. The van der Waals surface area contributed by atoms with Gasteiger partial charge in [-0.05, 0) is 19.4 Å². The monoisotopic (exact) mass is 331 g/mol. The van der Waals surface area contributed by atoms with E-state index in [1.807, 2.05) is 6.92 Å². The normalized spacial score (nSPS) is 15.6. The highest BCUT2D eigenvalue weighted by atomic mass is 35.5. The number of nitrogens with one attached hydrogen (secondary N) is 1. The van der Waals surface area contributed by atoms with Gasteiger partial charge in [0.2, 0.25) is 10.0 Å². The maximum absolute atomic E-state index is 12.0. The summed E-state index contributed by atoms with van der Waals surface area (Å²) in [7, 11) is -3.74. The Bertz CT molecular complexity index is 511. The molecule has 1 aromatic rings. The van der Waals surface area contributed by atoms with Crippen LogP contribution in [0.25, 0.3) is 0 Å². The van der Waals surface area contributed by atoms with Crippen molar-refractivity contribution in [3.8, 4) is 0 Å². The van der Waals surface area contributed by atoms with Gasteiger partial charge in [-0.25, -0.2) is 13.1 Å². The van der Waals surface area contributed by atoms with Crippen LogP contribution >= 0.6 is 34.5 Å². The van der Waals surface area contributed by atoms with Gasteiger partial charge < -0.3 is 5.11 Å². The summed E-state index contributed by atoms with van der Waals surface area (Å²) in [5, 5.41) is 9.92. The lowest BCUT2D eigenvalue weighted by Crippen LogP contribution is -2.40. The van der Waals surface area contributed by atoms with Crippen LogP contribution in [0.5, 0.6) is 0 Å². The van der Waals surface area contributed by atoms with E-state index in [0.717, 1.165) is 17.8 Å².